The predicted molar refractivity (Wildman–Crippen MR) is 102 cm³/mol. The van der Waals surface area contributed by atoms with Crippen LogP contribution in [0.1, 0.15) is 11.1 Å². The second kappa shape index (κ2) is 8.26. The Balaban J connectivity index is 2.04. The fourth-order valence-electron chi connectivity index (χ4n) is 2.88. The van der Waals surface area contributed by atoms with Crippen LogP contribution in [-0.4, -0.2) is 37.0 Å². The Morgan fingerprint density at radius 2 is 1.76 bits per heavy atom. The van der Waals surface area contributed by atoms with Crippen molar-refractivity contribution in [3.8, 4) is 0 Å². The van der Waals surface area contributed by atoms with Gasteiger partial charge in [0.2, 0.25) is 0 Å². The molecule has 9 heteroatoms. The van der Waals surface area contributed by atoms with Gasteiger partial charge in [0.05, 0.1) is 24.3 Å². The van der Waals surface area contributed by atoms with Crippen LogP contribution in [0.4, 0.5) is 18.9 Å². The molecule has 2 amide bonds. The second-order valence-corrected chi connectivity index (χ2v) is 6.65. The van der Waals surface area contributed by atoms with Gasteiger partial charge in [-0.05, 0) is 35.9 Å². The van der Waals surface area contributed by atoms with Crippen LogP contribution in [0.5, 0.6) is 0 Å². The Kier molecular flexibility index (Phi) is 5.95. The summed E-state index contributed by atoms with van der Waals surface area (Å²) >= 11 is 5.89. The zero-order valence-corrected chi connectivity index (χ0v) is 16.0. The number of methoxy groups -OCH3 is 1. The topological polar surface area (TPSA) is 58.6 Å². The normalized spacial score (nSPS) is 14.7. The van der Waals surface area contributed by atoms with Crippen molar-refractivity contribution in [3.63, 3.8) is 0 Å². The zero-order valence-electron chi connectivity index (χ0n) is 15.2. The summed E-state index contributed by atoms with van der Waals surface area (Å²) in [4.78, 5) is 26.7. The Morgan fingerprint density at radius 1 is 1.07 bits per heavy atom. The van der Waals surface area contributed by atoms with Crippen LogP contribution < -0.4 is 5.32 Å². The Hall–Kier alpha value is -2.84. The van der Waals surface area contributed by atoms with E-state index in [4.69, 9.17) is 16.3 Å². The van der Waals surface area contributed by atoms with Gasteiger partial charge in [-0.3, -0.25) is 14.5 Å². The van der Waals surface area contributed by atoms with Crippen molar-refractivity contribution in [1.82, 2.24) is 4.90 Å². The molecule has 29 heavy (non-hydrogen) atoms. The number of hydrogen-bond donors (Lipinski definition) is 1. The van der Waals surface area contributed by atoms with Gasteiger partial charge in [0.25, 0.3) is 11.8 Å². The molecular formula is C20H16ClF3N2O3. The molecule has 3 rings (SSSR count). The lowest BCUT2D eigenvalue weighted by molar-refractivity contribution is -0.138. The third-order valence-corrected chi connectivity index (χ3v) is 4.53. The highest BCUT2D eigenvalue weighted by molar-refractivity contribution is 6.36. The molecule has 0 aromatic heterocycles. The monoisotopic (exact) mass is 424 g/mol. The van der Waals surface area contributed by atoms with E-state index in [1.54, 1.807) is 24.3 Å². The molecule has 0 bridgehead atoms. The van der Waals surface area contributed by atoms with Gasteiger partial charge in [-0.1, -0.05) is 29.8 Å². The van der Waals surface area contributed by atoms with Crippen LogP contribution in [0.3, 0.4) is 0 Å². The van der Waals surface area contributed by atoms with Crippen molar-refractivity contribution in [2.75, 3.05) is 25.6 Å². The lowest BCUT2D eigenvalue weighted by Crippen LogP contribution is -2.35. The first-order chi connectivity index (χ1) is 13.7. The van der Waals surface area contributed by atoms with E-state index in [0.717, 1.165) is 17.0 Å². The van der Waals surface area contributed by atoms with Crippen LogP contribution in [-0.2, 0) is 20.5 Å². The maximum Gasteiger partial charge on any atom is 0.416 e. The molecule has 0 fully saturated rings. The molecule has 0 saturated heterocycles. The first-order valence-electron chi connectivity index (χ1n) is 8.52. The van der Waals surface area contributed by atoms with E-state index < -0.39 is 23.6 Å². The van der Waals surface area contributed by atoms with Crippen LogP contribution in [0.15, 0.2) is 54.2 Å². The number of halogens is 4. The van der Waals surface area contributed by atoms with Gasteiger partial charge in [0.1, 0.15) is 5.70 Å². The molecular weight excluding hydrogens is 409 g/mol. The molecule has 1 heterocycles. The number of imide groups is 1. The second-order valence-electron chi connectivity index (χ2n) is 6.22. The molecule has 0 spiro atoms. The Bertz CT molecular complexity index is 972. The van der Waals surface area contributed by atoms with Crippen LogP contribution in [0.2, 0.25) is 5.02 Å². The summed E-state index contributed by atoms with van der Waals surface area (Å²) in [6.07, 6.45) is -4.54. The molecule has 0 atom stereocenters. The van der Waals surface area contributed by atoms with Gasteiger partial charge in [0, 0.05) is 17.8 Å². The minimum Gasteiger partial charge on any atom is -0.383 e. The number of benzene rings is 2. The van der Waals surface area contributed by atoms with Gasteiger partial charge in [-0.2, -0.15) is 13.2 Å². The molecule has 2 aromatic carbocycles. The number of alkyl halides is 3. The van der Waals surface area contributed by atoms with Crippen molar-refractivity contribution in [3.05, 3.63) is 70.4 Å². The highest BCUT2D eigenvalue weighted by Gasteiger charge is 2.39. The number of carbonyl (C=O) groups excluding carboxylic acids is 2. The number of carbonyl (C=O) groups is 2. The minimum atomic E-state index is -4.54. The van der Waals surface area contributed by atoms with E-state index in [9.17, 15) is 22.8 Å². The Morgan fingerprint density at radius 3 is 2.38 bits per heavy atom. The van der Waals surface area contributed by atoms with Crippen molar-refractivity contribution >= 4 is 34.7 Å². The molecule has 0 saturated carbocycles. The molecule has 0 unspecified atom stereocenters. The number of nitrogens with zero attached hydrogens (tertiary/aromatic N) is 1. The number of hydrogen-bond acceptors (Lipinski definition) is 4. The van der Waals surface area contributed by atoms with Gasteiger partial charge < -0.3 is 10.1 Å². The van der Waals surface area contributed by atoms with Gasteiger partial charge in [-0.15, -0.1) is 0 Å². The number of ether oxygens (including phenoxy) is 1. The van der Waals surface area contributed by atoms with Crippen LogP contribution >= 0.6 is 11.6 Å². The smallest absolute Gasteiger partial charge is 0.383 e. The maximum atomic E-state index is 13.0. The van der Waals surface area contributed by atoms with Gasteiger partial charge in [0.15, 0.2) is 0 Å². The average Bonchev–Trinajstić information content (AvgIpc) is 2.90. The minimum absolute atomic E-state index is 0.0129. The van der Waals surface area contributed by atoms with Crippen molar-refractivity contribution < 1.29 is 27.5 Å². The van der Waals surface area contributed by atoms with Crippen LogP contribution in [0.25, 0.3) is 5.57 Å². The number of nitrogens with one attached hydrogen (secondary N) is 1. The van der Waals surface area contributed by atoms with E-state index >= 15 is 0 Å². The standard InChI is InChI=1S/C20H16ClF3N2O3/c1-29-10-9-26-18(27)16(12-5-7-14(21)8-6-12)17(19(26)28)25-15-4-2-3-13(11-15)20(22,23)24/h2-8,11,25H,9-10H2,1H3. The van der Waals surface area contributed by atoms with Crippen molar-refractivity contribution in [2.24, 2.45) is 0 Å². The molecule has 0 radical (unpaired) electrons. The largest absolute Gasteiger partial charge is 0.416 e. The summed E-state index contributed by atoms with van der Waals surface area (Å²) in [5.41, 5.74) is -0.463. The molecule has 5 nitrogen and oxygen atoms in total. The average molecular weight is 425 g/mol. The highest BCUT2D eigenvalue weighted by atomic mass is 35.5. The first-order valence-corrected chi connectivity index (χ1v) is 8.90. The van der Waals surface area contributed by atoms with Crippen molar-refractivity contribution in [1.29, 1.82) is 0 Å². The van der Waals surface area contributed by atoms with Gasteiger partial charge in [-0.25, -0.2) is 0 Å². The van der Waals surface area contributed by atoms with E-state index in [-0.39, 0.29) is 30.1 Å². The lowest BCUT2D eigenvalue weighted by atomic mass is 10.0. The third kappa shape index (κ3) is 4.44. The van der Waals surface area contributed by atoms with E-state index in [1.807, 2.05) is 0 Å². The molecule has 1 aliphatic rings. The summed E-state index contributed by atoms with van der Waals surface area (Å²) in [5.74, 6) is -1.21. The fraction of sp³-hybridized carbons (Fsp3) is 0.200. The van der Waals surface area contributed by atoms with Gasteiger partial charge >= 0.3 is 6.18 Å². The zero-order chi connectivity index (χ0) is 21.2. The maximum absolute atomic E-state index is 13.0. The molecule has 1 N–H and O–H groups in total. The summed E-state index contributed by atoms with van der Waals surface area (Å²) in [5, 5.41) is 3.14. The molecule has 152 valence electrons. The van der Waals surface area contributed by atoms with Crippen molar-refractivity contribution in [2.45, 2.75) is 6.18 Å². The highest BCUT2D eigenvalue weighted by Crippen LogP contribution is 2.34. The quantitative estimate of drug-likeness (QED) is 0.706. The first kappa shape index (κ1) is 20.9. The summed E-state index contributed by atoms with van der Waals surface area (Å²) in [6.45, 7) is 0.140. The molecule has 1 aliphatic heterocycles. The van der Waals surface area contributed by atoms with Crippen LogP contribution in [0, 0.1) is 0 Å². The summed E-state index contributed by atoms with van der Waals surface area (Å²) < 4.78 is 44.0. The molecule has 0 aliphatic carbocycles. The fourth-order valence-corrected chi connectivity index (χ4v) is 3.01. The van der Waals surface area contributed by atoms with E-state index in [0.29, 0.717) is 10.6 Å². The number of rotatable bonds is 6. The third-order valence-electron chi connectivity index (χ3n) is 4.28. The number of amides is 2. The summed E-state index contributed by atoms with van der Waals surface area (Å²) in [7, 11) is 1.43. The molecule has 2 aromatic rings. The Labute approximate surface area is 169 Å². The predicted octanol–water partition coefficient (Wildman–Crippen LogP) is 4.20. The van der Waals surface area contributed by atoms with E-state index in [2.05, 4.69) is 5.32 Å². The summed E-state index contributed by atoms with van der Waals surface area (Å²) in [6, 6.07) is 10.7. The van der Waals surface area contributed by atoms with E-state index in [1.165, 1.54) is 19.2 Å². The SMILES string of the molecule is COCCN1C(=O)C(Nc2cccc(C(F)(F)F)c2)=C(c2ccc(Cl)cc2)C1=O. The number of anilines is 1. The lowest BCUT2D eigenvalue weighted by Gasteiger charge is -2.15.